The molecule has 6 heterocycles. The van der Waals surface area contributed by atoms with Crippen molar-refractivity contribution in [1.29, 1.82) is 0 Å². The lowest BCUT2D eigenvalue weighted by Crippen LogP contribution is -2.24. The van der Waals surface area contributed by atoms with Crippen molar-refractivity contribution in [2.45, 2.75) is 25.8 Å². The first-order chi connectivity index (χ1) is 42.2. The monoisotopic (exact) mass is 1090 g/mol. The van der Waals surface area contributed by atoms with Crippen LogP contribution in [0.4, 0.5) is 0 Å². The molecule has 0 amide bonds. The van der Waals surface area contributed by atoms with Crippen LogP contribution in [0.25, 0.3) is 154 Å². The summed E-state index contributed by atoms with van der Waals surface area (Å²) < 4.78 is 15.3. The molecule has 400 valence electrons. The van der Waals surface area contributed by atoms with Crippen LogP contribution in [0.5, 0.6) is 0 Å². The standard InChI is InChI=1S/C79H54N6/c1-49-74(84-66-37-16-7-28-56(66)57-29-8-17-38-67(57)84)47-53(82-63-34-13-5-26-54(63)55-27-6-14-35-64(55)82)48-75(49)85-70-41-20-11-32-61(70)77-72(85)45-44-71-76(77)60-31-10-18-39-68(60)80(71)51-24-21-25-52(46-51)81-69-40-19-12-33-62(69)78-73(81)43-42-59-58-30-9-15-36-65(58)83(79(59)78)50-22-3-2-4-23-50/h2-7,9-28,30-49,74H,8,29H2,1H3. The molecule has 11 aromatic carbocycles. The minimum atomic E-state index is -0.00462. The van der Waals surface area contributed by atoms with Crippen LogP contribution in [0.3, 0.4) is 0 Å². The zero-order valence-corrected chi connectivity index (χ0v) is 46.7. The van der Waals surface area contributed by atoms with Crippen LogP contribution in [0.15, 0.2) is 267 Å². The molecule has 6 nitrogen and oxygen atoms in total. The van der Waals surface area contributed by atoms with Gasteiger partial charge in [-0.3, -0.25) is 0 Å². The number of para-hydroxylation sites is 8. The summed E-state index contributed by atoms with van der Waals surface area (Å²) >= 11 is 0. The molecule has 17 aromatic rings. The Morgan fingerprint density at radius 3 is 1.40 bits per heavy atom. The molecule has 2 unspecified atom stereocenters. The third-order valence-electron chi connectivity index (χ3n) is 19.2. The molecule has 19 rings (SSSR count). The van der Waals surface area contributed by atoms with Gasteiger partial charge in [-0.2, -0.15) is 0 Å². The lowest BCUT2D eigenvalue weighted by Gasteiger charge is -2.33. The van der Waals surface area contributed by atoms with Crippen molar-refractivity contribution < 1.29 is 0 Å². The molecular formula is C79H54N6. The second-order valence-electron chi connectivity index (χ2n) is 23.5. The van der Waals surface area contributed by atoms with E-state index in [9.17, 15) is 0 Å². The lowest BCUT2D eigenvalue weighted by molar-refractivity contribution is 0.496. The summed E-state index contributed by atoms with van der Waals surface area (Å²) in [6, 6.07) is 92.5. The first kappa shape index (κ1) is 46.8. The third-order valence-corrected chi connectivity index (χ3v) is 19.2. The fraction of sp³-hybridized carbons (Fsp3) is 0.0633. The highest BCUT2D eigenvalue weighted by atomic mass is 15.1. The Bertz CT molecular complexity index is 5760. The lowest BCUT2D eigenvalue weighted by atomic mass is 9.90. The van der Waals surface area contributed by atoms with Crippen molar-refractivity contribution in [3.8, 4) is 17.1 Å². The predicted molar refractivity (Wildman–Crippen MR) is 358 cm³/mol. The molecule has 2 aliphatic rings. The van der Waals surface area contributed by atoms with E-state index in [1.807, 2.05) is 0 Å². The minimum absolute atomic E-state index is 0.00462. The number of rotatable bonds is 6. The van der Waals surface area contributed by atoms with Crippen LogP contribution >= 0.6 is 0 Å². The molecule has 0 spiro atoms. The number of aromatic nitrogens is 6. The van der Waals surface area contributed by atoms with Gasteiger partial charge in [0.05, 0.1) is 61.2 Å². The van der Waals surface area contributed by atoms with Crippen LogP contribution in [-0.2, 0) is 6.42 Å². The van der Waals surface area contributed by atoms with Crippen LogP contribution in [0.2, 0.25) is 0 Å². The molecule has 0 fully saturated rings. The molecule has 0 bridgehead atoms. The summed E-state index contributed by atoms with van der Waals surface area (Å²) in [5.74, 6) is 0.0736. The molecule has 0 radical (unpaired) electrons. The normalized spacial score (nSPS) is 15.6. The van der Waals surface area contributed by atoms with Crippen LogP contribution in [0.1, 0.15) is 30.6 Å². The first-order valence-electron chi connectivity index (χ1n) is 29.9. The fourth-order valence-electron chi connectivity index (χ4n) is 15.7. The third kappa shape index (κ3) is 6.37. The van der Waals surface area contributed by atoms with Gasteiger partial charge in [0.25, 0.3) is 0 Å². The van der Waals surface area contributed by atoms with Gasteiger partial charge in [0.2, 0.25) is 0 Å². The number of aryl methyl sites for hydroxylation is 1. The maximum atomic E-state index is 2.67. The van der Waals surface area contributed by atoms with Gasteiger partial charge in [-0.1, -0.05) is 171 Å². The average Bonchev–Trinajstić information content (AvgIpc) is 2.26. The van der Waals surface area contributed by atoms with Gasteiger partial charge in [-0.15, -0.1) is 0 Å². The molecule has 0 aliphatic heterocycles. The molecule has 2 aliphatic carbocycles. The van der Waals surface area contributed by atoms with E-state index in [2.05, 4.69) is 307 Å². The summed E-state index contributed by atoms with van der Waals surface area (Å²) in [4.78, 5) is 0. The number of allylic oxidation sites excluding steroid dienone is 5. The highest BCUT2D eigenvalue weighted by Gasteiger charge is 2.34. The molecule has 6 aromatic heterocycles. The summed E-state index contributed by atoms with van der Waals surface area (Å²) in [6.45, 7) is 2.46. The van der Waals surface area contributed by atoms with E-state index in [1.165, 1.54) is 143 Å². The van der Waals surface area contributed by atoms with Gasteiger partial charge in [-0.05, 0) is 128 Å². The second kappa shape index (κ2) is 17.6. The molecule has 2 atom stereocenters. The van der Waals surface area contributed by atoms with Crippen LogP contribution < -0.4 is 0 Å². The van der Waals surface area contributed by atoms with Gasteiger partial charge >= 0.3 is 0 Å². The van der Waals surface area contributed by atoms with Crippen LogP contribution in [-0.4, -0.2) is 27.4 Å². The van der Waals surface area contributed by atoms with E-state index in [1.54, 1.807) is 0 Å². The van der Waals surface area contributed by atoms with Gasteiger partial charge in [-0.25, -0.2) is 0 Å². The Hall–Kier alpha value is -10.8. The van der Waals surface area contributed by atoms with Crippen molar-refractivity contribution in [3.63, 3.8) is 0 Å². The summed E-state index contributed by atoms with van der Waals surface area (Å²) in [5.41, 5.74) is 21.9. The molecule has 0 saturated heterocycles. The van der Waals surface area contributed by atoms with E-state index in [-0.39, 0.29) is 12.0 Å². The number of hydrogen-bond acceptors (Lipinski definition) is 0. The maximum Gasteiger partial charge on any atom is 0.0641 e. The molecule has 0 saturated carbocycles. The van der Waals surface area contributed by atoms with E-state index in [0.717, 1.165) is 29.9 Å². The van der Waals surface area contributed by atoms with Gasteiger partial charge in [0, 0.05) is 105 Å². The van der Waals surface area contributed by atoms with Crippen molar-refractivity contribution in [3.05, 3.63) is 278 Å². The quantitative estimate of drug-likeness (QED) is 0.159. The molecule has 0 N–H and O–H groups in total. The highest BCUT2D eigenvalue weighted by molar-refractivity contribution is 6.30. The number of benzene rings is 11. The van der Waals surface area contributed by atoms with Crippen molar-refractivity contribution in [1.82, 2.24) is 27.4 Å². The van der Waals surface area contributed by atoms with Gasteiger partial charge in [0.1, 0.15) is 0 Å². The maximum absolute atomic E-state index is 2.67. The Labute approximate surface area is 489 Å². The average molecular weight is 1090 g/mol. The predicted octanol–water partition coefficient (Wildman–Crippen LogP) is 20.4. The second-order valence-corrected chi connectivity index (χ2v) is 23.5. The topological polar surface area (TPSA) is 29.6 Å². The van der Waals surface area contributed by atoms with E-state index >= 15 is 0 Å². The summed E-state index contributed by atoms with van der Waals surface area (Å²) in [5, 5.41) is 13.9. The minimum Gasteiger partial charge on any atom is -0.333 e. The SMILES string of the molecule is CC1C(n2c3ccccc3c3c4c5ccccc5n(-c5cccc(-n6c7ccccc7c7c6ccc6c8ccccc8n(-c8ccccc8)c67)c5)c4ccc32)=CC(n2c3ccccc3c3ccccc32)=CC1n1c2c(c3ccccc31)CCC=C2. The molecule has 85 heavy (non-hydrogen) atoms. The Morgan fingerprint density at radius 1 is 0.341 bits per heavy atom. The fourth-order valence-corrected chi connectivity index (χ4v) is 15.7. The van der Waals surface area contributed by atoms with Crippen molar-refractivity contribution >= 4 is 137 Å². The number of fused-ring (bicyclic) bond motifs is 20. The zero-order chi connectivity index (χ0) is 55.6. The first-order valence-corrected chi connectivity index (χ1v) is 29.9. The van der Waals surface area contributed by atoms with Crippen LogP contribution in [0, 0.1) is 5.92 Å². The Balaban J connectivity index is 0.843. The van der Waals surface area contributed by atoms with Crippen molar-refractivity contribution in [2.24, 2.45) is 5.92 Å². The van der Waals surface area contributed by atoms with Crippen molar-refractivity contribution in [2.75, 3.05) is 0 Å². The smallest absolute Gasteiger partial charge is 0.0641 e. The summed E-state index contributed by atoms with van der Waals surface area (Å²) in [6.07, 6.45) is 11.9. The van der Waals surface area contributed by atoms with E-state index in [0.29, 0.717) is 0 Å². The number of hydrogen-bond donors (Lipinski definition) is 0. The number of nitrogens with zero attached hydrogens (tertiary/aromatic N) is 6. The van der Waals surface area contributed by atoms with E-state index < -0.39 is 0 Å². The highest BCUT2D eigenvalue weighted by Crippen LogP contribution is 2.50. The molecular weight excluding hydrogens is 1030 g/mol. The van der Waals surface area contributed by atoms with Gasteiger partial charge in [0.15, 0.2) is 0 Å². The Morgan fingerprint density at radius 2 is 0.788 bits per heavy atom. The van der Waals surface area contributed by atoms with E-state index in [4.69, 9.17) is 0 Å². The Kier molecular flexibility index (Phi) is 9.68. The summed E-state index contributed by atoms with van der Waals surface area (Å²) in [7, 11) is 0. The largest absolute Gasteiger partial charge is 0.333 e. The molecule has 6 heteroatoms. The van der Waals surface area contributed by atoms with Gasteiger partial charge < -0.3 is 27.4 Å². The zero-order valence-electron chi connectivity index (χ0n) is 46.7.